The van der Waals surface area contributed by atoms with Gasteiger partial charge in [-0.3, -0.25) is 19.2 Å². The highest BCUT2D eigenvalue weighted by atomic mass is 16.6. The summed E-state index contributed by atoms with van der Waals surface area (Å²) in [6, 6.07) is 4.64. The van der Waals surface area contributed by atoms with Gasteiger partial charge in [-0.25, -0.2) is 4.79 Å². The highest BCUT2D eigenvalue weighted by Crippen LogP contribution is 2.22. The van der Waals surface area contributed by atoms with E-state index in [0.29, 0.717) is 5.56 Å². The Labute approximate surface area is 115 Å². The van der Waals surface area contributed by atoms with Crippen molar-refractivity contribution in [3.05, 3.63) is 56.8 Å². The Bertz CT molecular complexity index is 700. The van der Waals surface area contributed by atoms with Crippen molar-refractivity contribution in [1.82, 2.24) is 9.13 Å². The van der Waals surface area contributed by atoms with Crippen LogP contribution in [0.1, 0.15) is 25.5 Å². The number of benzene rings is 1. The molecule has 2 N–H and O–H groups in total. The number of nitrogens with two attached hydrogens (primary N) is 1. The first kappa shape index (κ1) is 13.9. The number of hydrogen-bond acceptors (Lipinski definition) is 4. The Hall–Kier alpha value is -2.57. The second-order valence-electron chi connectivity index (χ2n) is 4.86. The van der Waals surface area contributed by atoms with Crippen molar-refractivity contribution in [2.24, 2.45) is 0 Å². The van der Waals surface area contributed by atoms with E-state index in [0.717, 1.165) is 0 Å². The number of aromatic nitrogens is 2. The van der Waals surface area contributed by atoms with E-state index in [1.807, 2.05) is 13.8 Å². The van der Waals surface area contributed by atoms with Crippen molar-refractivity contribution in [2.75, 3.05) is 5.73 Å². The van der Waals surface area contributed by atoms with Crippen molar-refractivity contribution < 1.29 is 4.92 Å². The van der Waals surface area contributed by atoms with Crippen LogP contribution in [0.4, 0.5) is 11.4 Å². The number of nitro benzene ring substituents is 1. The minimum atomic E-state index is -0.527. The van der Waals surface area contributed by atoms with Gasteiger partial charge in [0.05, 0.1) is 11.5 Å². The molecule has 2 aromatic rings. The largest absolute Gasteiger partial charge is 0.393 e. The lowest BCUT2D eigenvalue weighted by Crippen LogP contribution is -2.25. The summed E-state index contributed by atoms with van der Waals surface area (Å²) in [6.45, 7) is 4.11. The summed E-state index contributed by atoms with van der Waals surface area (Å²) < 4.78 is 3.11. The molecule has 0 radical (unpaired) electrons. The molecular formula is C13H16N4O3. The van der Waals surface area contributed by atoms with Gasteiger partial charge in [0.25, 0.3) is 5.69 Å². The van der Waals surface area contributed by atoms with Gasteiger partial charge in [0.2, 0.25) is 0 Å². The molecule has 0 atom stereocenters. The average Bonchev–Trinajstić information content (AvgIpc) is 2.73. The normalized spacial score (nSPS) is 10.9. The first-order chi connectivity index (χ1) is 9.40. The lowest BCUT2D eigenvalue weighted by molar-refractivity contribution is -0.384. The highest BCUT2D eigenvalue weighted by Gasteiger charge is 2.13. The minimum Gasteiger partial charge on any atom is -0.393 e. The molecule has 7 nitrogen and oxygen atoms in total. The molecule has 0 saturated heterocycles. The molecule has 0 aliphatic rings. The summed E-state index contributed by atoms with van der Waals surface area (Å²) in [4.78, 5) is 22.4. The van der Waals surface area contributed by atoms with Crippen molar-refractivity contribution in [2.45, 2.75) is 26.4 Å². The first-order valence-electron chi connectivity index (χ1n) is 6.20. The van der Waals surface area contributed by atoms with Gasteiger partial charge in [0, 0.05) is 24.5 Å². The van der Waals surface area contributed by atoms with Crippen molar-refractivity contribution >= 4 is 11.4 Å². The predicted octanol–water partition coefficient (Wildman–Crippen LogP) is 1.77. The molecule has 0 bridgehead atoms. The molecule has 0 aliphatic heterocycles. The van der Waals surface area contributed by atoms with Crippen molar-refractivity contribution in [3.8, 4) is 0 Å². The number of nitrogens with zero attached hydrogens (tertiary/aromatic N) is 3. The van der Waals surface area contributed by atoms with E-state index in [4.69, 9.17) is 5.73 Å². The summed E-state index contributed by atoms with van der Waals surface area (Å²) in [5, 5.41) is 10.8. The van der Waals surface area contributed by atoms with Crippen LogP contribution in [0.2, 0.25) is 0 Å². The van der Waals surface area contributed by atoms with Crippen LogP contribution in [-0.4, -0.2) is 14.1 Å². The van der Waals surface area contributed by atoms with Gasteiger partial charge in [0.15, 0.2) is 0 Å². The van der Waals surface area contributed by atoms with E-state index < -0.39 is 4.92 Å². The Morgan fingerprint density at radius 1 is 1.35 bits per heavy atom. The standard InChI is InChI=1S/C13H16N4O3/c1-9(2)16-6-5-15(13(16)18)8-10-3-4-11(14)12(7-10)17(19)20/h3-7,9H,8,14H2,1-2H3. The summed E-state index contributed by atoms with van der Waals surface area (Å²) in [5.41, 5.74) is 6.04. The maximum absolute atomic E-state index is 12.1. The third kappa shape index (κ3) is 2.56. The molecule has 0 spiro atoms. The lowest BCUT2D eigenvalue weighted by atomic mass is 10.1. The van der Waals surface area contributed by atoms with E-state index in [1.54, 1.807) is 23.0 Å². The van der Waals surface area contributed by atoms with Crippen LogP contribution in [0.5, 0.6) is 0 Å². The van der Waals surface area contributed by atoms with Crippen LogP contribution in [-0.2, 0) is 6.54 Å². The fourth-order valence-corrected chi connectivity index (χ4v) is 1.98. The summed E-state index contributed by atoms with van der Waals surface area (Å²) in [6.07, 6.45) is 3.38. The second-order valence-corrected chi connectivity index (χ2v) is 4.86. The number of imidazole rings is 1. The van der Waals surface area contributed by atoms with Gasteiger partial charge in [-0.1, -0.05) is 6.07 Å². The molecule has 106 valence electrons. The van der Waals surface area contributed by atoms with Gasteiger partial charge in [-0.15, -0.1) is 0 Å². The van der Waals surface area contributed by atoms with E-state index in [9.17, 15) is 14.9 Å². The molecule has 20 heavy (non-hydrogen) atoms. The molecule has 1 aromatic heterocycles. The fourth-order valence-electron chi connectivity index (χ4n) is 1.98. The minimum absolute atomic E-state index is 0.0736. The lowest BCUT2D eigenvalue weighted by Gasteiger charge is -2.06. The van der Waals surface area contributed by atoms with Gasteiger partial charge < -0.3 is 5.73 Å². The number of nitro groups is 1. The average molecular weight is 276 g/mol. The molecule has 1 heterocycles. The quantitative estimate of drug-likeness (QED) is 0.523. The van der Waals surface area contributed by atoms with Crippen molar-refractivity contribution in [3.63, 3.8) is 0 Å². The van der Waals surface area contributed by atoms with Crippen LogP contribution in [0, 0.1) is 10.1 Å². The zero-order chi connectivity index (χ0) is 14.9. The zero-order valence-corrected chi connectivity index (χ0v) is 11.3. The maximum atomic E-state index is 12.1. The van der Waals surface area contributed by atoms with Gasteiger partial charge in [-0.05, 0) is 25.5 Å². The summed E-state index contributed by atoms with van der Waals surface area (Å²) in [7, 11) is 0. The predicted molar refractivity (Wildman–Crippen MR) is 75.7 cm³/mol. The molecule has 1 aromatic carbocycles. The first-order valence-corrected chi connectivity index (χ1v) is 6.20. The molecule has 0 unspecified atom stereocenters. The van der Waals surface area contributed by atoms with Gasteiger partial charge >= 0.3 is 5.69 Å². The SMILES string of the molecule is CC(C)n1ccn(Cc2ccc(N)c([N+](=O)[O-])c2)c1=O. The Morgan fingerprint density at radius 3 is 2.60 bits per heavy atom. The molecule has 0 fully saturated rings. The molecule has 2 rings (SSSR count). The number of rotatable bonds is 4. The van der Waals surface area contributed by atoms with E-state index >= 15 is 0 Å². The molecule has 0 aliphatic carbocycles. The maximum Gasteiger partial charge on any atom is 0.328 e. The Morgan fingerprint density at radius 2 is 2.05 bits per heavy atom. The highest BCUT2D eigenvalue weighted by molar-refractivity contribution is 5.59. The van der Waals surface area contributed by atoms with Crippen molar-refractivity contribution in [1.29, 1.82) is 0 Å². The van der Waals surface area contributed by atoms with Gasteiger partial charge in [-0.2, -0.15) is 0 Å². The van der Waals surface area contributed by atoms with Crippen LogP contribution in [0.25, 0.3) is 0 Å². The molecule has 0 amide bonds. The monoisotopic (exact) mass is 276 g/mol. The fraction of sp³-hybridized carbons (Fsp3) is 0.308. The Balaban J connectivity index is 2.33. The third-order valence-corrected chi connectivity index (χ3v) is 3.07. The Kier molecular flexibility index (Phi) is 3.60. The topological polar surface area (TPSA) is 96.1 Å². The second kappa shape index (κ2) is 5.20. The van der Waals surface area contributed by atoms with Crippen LogP contribution < -0.4 is 11.4 Å². The number of anilines is 1. The molecule has 0 saturated carbocycles. The third-order valence-electron chi connectivity index (χ3n) is 3.07. The van der Waals surface area contributed by atoms with E-state index in [-0.39, 0.29) is 29.7 Å². The molecule has 7 heteroatoms. The summed E-state index contributed by atoms with van der Waals surface area (Å²) >= 11 is 0. The number of nitrogen functional groups attached to an aromatic ring is 1. The molecular weight excluding hydrogens is 260 g/mol. The van der Waals surface area contributed by atoms with E-state index in [2.05, 4.69) is 0 Å². The zero-order valence-electron chi connectivity index (χ0n) is 11.3. The number of hydrogen-bond donors (Lipinski definition) is 1. The van der Waals surface area contributed by atoms with Crippen LogP contribution in [0.15, 0.2) is 35.4 Å². The van der Waals surface area contributed by atoms with Crippen LogP contribution >= 0.6 is 0 Å². The summed E-state index contributed by atoms with van der Waals surface area (Å²) in [5.74, 6) is 0. The smallest absolute Gasteiger partial charge is 0.328 e. The van der Waals surface area contributed by atoms with Gasteiger partial charge in [0.1, 0.15) is 5.69 Å². The van der Waals surface area contributed by atoms with Crippen LogP contribution in [0.3, 0.4) is 0 Å². The van der Waals surface area contributed by atoms with E-state index in [1.165, 1.54) is 16.7 Å².